The number of methoxy groups -OCH3 is 1. The molecule has 0 unspecified atom stereocenters. The molecule has 1 aromatic carbocycles. The molecule has 1 aliphatic heterocycles. The van der Waals surface area contributed by atoms with Crippen molar-refractivity contribution < 1.29 is 9.53 Å². The van der Waals surface area contributed by atoms with E-state index in [0.29, 0.717) is 30.2 Å². The van der Waals surface area contributed by atoms with E-state index in [0.717, 1.165) is 38.4 Å². The minimum atomic E-state index is -0.113. The third-order valence-corrected chi connectivity index (χ3v) is 5.71. The van der Waals surface area contributed by atoms with Crippen molar-refractivity contribution in [1.29, 1.82) is 0 Å². The first-order valence-corrected chi connectivity index (χ1v) is 10.9. The minimum Gasteiger partial charge on any atom is -0.480 e. The molecular weight excluding hydrogens is 406 g/mol. The lowest BCUT2D eigenvalue weighted by molar-refractivity contribution is 0.0947. The molecule has 1 aliphatic rings. The number of ether oxygens (including phenoxy) is 1. The Bertz CT molecular complexity index is 1010. The van der Waals surface area contributed by atoms with Gasteiger partial charge in [-0.25, -0.2) is 4.68 Å². The number of benzene rings is 1. The number of aromatic nitrogens is 4. The van der Waals surface area contributed by atoms with Crippen LogP contribution in [0, 0.1) is 0 Å². The molecule has 1 fully saturated rings. The fourth-order valence-electron chi connectivity index (χ4n) is 3.93. The second-order valence-corrected chi connectivity index (χ2v) is 7.62. The van der Waals surface area contributed by atoms with Gasteiger partial charge in [0.05, 0.1) is 24.6 Å². The highest BCUT2D eigenvalue weighted by atomic mass is 16.5. The molecule has 3 aromatic rings. The van der Waals surface area contributed by atoms with Crippen molar-refractivity contribution in [2.24, 2.45) is 0 Å². The van der Waals surface area contributed by atoms with Crippen LogP contribution in [-0.2, 0) is 6.42 Å². The highest BCUT2D eigenvalue weighted by Gasteiger charge is 2.20. The summed E-state index contributed by atoms with van der Waals surface area (Å²) in [6.45, 7) is 7.38. The molecule has 1 N–H and O–H groups in total. The molecule has 1 saturated heterocycles. The Morgan fingerprint density at radius 1 is 1.06 bits per heavy atom. The minimum absolute atomic E-state index is 0.113. The predicted molar refractivity (Wildman–Crippen MR) is 123 cm³/mol. The molecule has 168 valence electrons. The van der Waals surface area contributed by atoms with Crippen molar-refractivity contribution in [2.75, 3.05) is 51.3 Å². The summed E-state index contributed by atoms with van der Waals surface area (Å²) in [5, 5.41) is 15.5. The van der Waals surface area contributed by atoms with Crippen LogP contribution in [0.2, 0.25) is 0 Å². The van der Waals surface area contributed by atoms with Crippen LogP contribution in [0.15, 0.2) is 48.7 Å². The van der Waals surface area contributed by atoms with Gasteiger partial charge in [0.2, 0.25) is 5.88 Å². The predicted octanol–water partition coefficient (Wildman–Crippen LogP) is 1.79. The van der Waals surface area contributed by atoms with E-state index in [1.165, 1.54) is 5.69 Å². The fraction of sp³-hybridized carbons (Fsp3) is 0.391. The SMILES string of the molecule is CCc1c(C(=O)NCCN2CCN(c3ccccc3)CC2)cnn1-c1ccc(OC)nn1. The lowest BCUT2D eigenvalue weighted by Crippen LogP contribution is -2.48. The van der Waals surface area contributed by atoms with Crippen LogP contribution >= 0.6 is 0 Å². The summed E-state index contributed by atoms with van der Waals surface area (Å²) in [5.74, 6) is 0.872. The number of carbonyl (C=O) groups excluding carboxylic acids is 1. The highest BCUT2D eigenvalue weighted by Crippen LogP contribution is 2.16. The van der Waals surface area contributed by atoms with E-state index >= 15 is 0 Å². The largest absolute Gasteiger partial charge is 0.480 e. The molecule has 1 amide bonds. The van der Waals surface area contributed by atoms with Crippen LogP contribution in [-0.4, -0.2) is 77.2 Å². The first kappa shape index (κ1) is 21.8. The zero-order valence-corrected chi connectivity index (χ0v) is 18.6. The molecule has 2 aromatic heterocycles. The number of anilines is 1. The van der Waals surface area contributed by atoms with E-state index in [1.54, 1.807) is 30.1 Å². The second kappa shape index (κ2) is 10.2. The van der Waals surface area contributed by atoms with Crippen molar-refractivity contribution in [3.63, 3.8) is 0 Å². The molecule has 4 rings (SSSR count). The lowest BCUT2D eigenvalue weighted by Gasteiger charge is -2.36. The third-order valence-electron chi connectivity index (χ3n) is 5.71. The number of amides is 1. The Hall–Kier alpha value is -3.46. The van der Waals surface area contributed by atoms with Crippen molar-refractivity contribution in [2.45, 2.75) is 13.3 Å². The maximum absolute atomic E-state index is 12.8. The molecule has 32 heavy (non-hydrogen) atoms. The van der Waals surface area contributed by atoms with E-state index in [2.05, 4.69) is 54.7 Å². The van der Waals surface area contributed by atoms with E-state index in [9.17, 15) is 4.79 Å². The van der Waals surface area contributed by atoms with Crippen LogP contribution in [0.5, 0.6) is 5.88 Å². The van der Waals surface area contributed by atoms with Gasteiger partial charge < -0.3 is 15.0 Å². The van der Waals surface area contributed by atoms with Gasteiger partial charge in [-0.2, -0.15) is 5.10 Å². The fourth-order valence-corrected chi connectivity index (χ4v) is 3.93. The topological polar surface area (TPSA) is 88.4 Å². The van der Waals surface area contributed by atoms with Crippen LogP contribution < -0.4 is 15.0 Å². The number of hydrogen-bond donors (Lipinski definition) is 1. The van der Waals surface area contributed by atoms with Gasteiger partial charge in [-0.3, -0.25) is 9.69 Å². The van der Waals surface area contributed by atoms with Gasteiger partial charge in [0.1, 0.15) is 0 Å². The number of para-hydroxylation sites is 1. The molecular formula is C23H29N7O2. The number of hydrogen-bond acceptors (Lipinski definition) is 7. The molecule has 9 nitrogen and oxygen atoms in total. The van der Waals surface area contributed by atoms with Crippen molar-refractivity contribution >= 4 is 11.6 Å². The number of piperazine rings is 1. The van der Waals surface area contributed by atoms with E-state index < -0.39 is 0 Å². The number of carbonyl (C=O) groups is 1. The zero-order chi connectivity index (χ0) is 22.3. The van der Waals surface area contributed by atoms with E-state index in [-0.39, 0.29) is 5.91 Å². The summed E-state index contributed by atoms with van der Waals surface area (Å²) in [7, 11) is 1.54. The van der Waals surface area contributed by atoms with E-state index in [4.69, 9.17) is 4.74 Å². The molecule has 0 atom stereocenters. The monoisotopic (exact) mass is 435 g/mol. The zero-order valence-electron chi connectivity index (χ0n) is 18.6. The quantitative estimate of drug-likeness (QED) is 0.577. The Labute approximate surface area is 188 Å². The summed E-state index contributed by atoms with van der Waals surface area (Å²) >= 11 is 0. The Morgan fingerprint density at radius 2 is 1.84 bits per heavy atom. The highest BCUT2D eigenvalue weighted by molar-refractivity contribution is 5.95. The average Bonchev–Trinajstić information content (AvgIpc) is 3.29. The number of nitrogens with one attached hydrogen (secondary N) is 1. The molecule has 0 saturated carbocycles. The molecule has 0 bridgehead atoms. The maximum Gasteiger partial charge on any atom is 0.254 e. The normalized spacial score (nSPS) is 14.4. The van der Waals surface area contributed by atoms with Gasteiger partial charge in [-0.05, 0) is 24.6 Å². The summed E-state index contributed by atoms with van der Waals surface area (Å²) in [4.78, 5) is 17.6. The van der Waals surface area contributed by atoms with Crippen LogP contribution in [0.4, 0.5) is 5.69 Å². The first-order chi connectivity index (χ1) is 15.7. The van der Waals surface area contributed by atoms with Crippen LogP contribution in [0.3, 0.4) is 0 Å². The molecule has 9 heteroatoms. The molecule has 0 radical (unpaired) electrons. The van der Waals surface area contributed by atoms with Crippen molar-refractivity contribution in [3.05, 3.63) is 59.9 Å². The smallest absolute Gasteiger partial charge is 0.254 e. The van der Waals surface area contributed by atoms with Gasteiger partial charge in [-0.1, -0.05) is 25.1 Å². The van der Waals surface area contributed by atoms with Crippen LogP contribution in [0.1, 0.15) is 23.0 Å². The summed E-state index contributed by atoms with van der Waals surface area (Å²) in [6.07, 6.45) is 2.25. The van der Waals surface area contributed by atoms with Crippen LogP contribution in [0.25, 0.3) is 5.82 Å². The Morgan fingerprint density at radius 3 is 2.50 bits per heavy atom. The van der Waals surface area contributed by atoms with Gasteiger partial charge >= 0.3 is 0 Å². The van der Waals surface area contributed by atoms with Crippen molar-refractivity contribution in [3.8, 4) is 11.7 Å². The summed E-state index contributed by atoms with van der Waals surface area (Å²) in [5.41, 5.74) is 2.64. The number of nitrogens with zero attached hydrogens (tertiary/aromatic N) is 6. The van der Waals surface area contributed by atoms with Gasteiger partial charge in [-0.15, -0.1) is 10.2 Å². The van der Waals surface area contributed by atoms with Gasteiger partial charge in [0.15, 0.2) is 5.82 Å². The number of rotatable bonds is 8. The van der Waals surface area contributed by atoms with Gasteiger partial charge in [0, 0.05) is 51.0 Å². The summed E-state index contributed by atoms with van der Waals surface area (Å²) < 4.78 is 6.71. The summed E-state index contributed by atoms with van der Waals surface area (Å²) in [6, 6.07) is 14.0. The Balaban J connectivity index is 1.29. The Kier molecular flexibility index (Phi) is 6.96. The maximum atomic E-state index is 12.8. The van der Waals surface area contributed by atoms with Gasteiger partial charge in [0.25, 0.3) is 5.91 Å². The third kappa shape index (κ3) is 4.88. The molecule has 0 aliphatic carbocycles. The standard InChI is InChI=1S/C23H29N7O2/c1-3-20-19(17-25-30(20)21-9-10-22(32-2)27-26-21)23(31)24-11-12-28-13-15-29(16-14-28)18-7-5-4-6-8-18/h4-10,17H,3,11-16H2,1-2H3,(H,24,31). The average molecular weight is 436 g/mol. The van der Waals surface area contributed by atoms with E-state index in [1.807, 2.05) is 13.0 Å². The molecule has 0 spiro atoms. The molecule has 3 heterocycles. The first-order valence-electron chi connectivity index (χ1n) is 10.9. The second-order valence-electron chi connectivity index (χ2n) is 7.62. The van der Waals surface area contributed by atoms with Crippen molar-refractivity contribution in [1.82, 2.24) is 30.2 Å². The lowest BCUT2D eigenvalue weighted by atomic mass is 10.2.